The van der Waals surface area contributed by atoms with Crippen molar-refractivity contribution in [2.24, 2.45) is 11.8 Å². The number of thioether (sulfide) groups is 1. The van der Waals surface area contributed by atoms with Crippen molar-refractivity contribution in [3.05, 3.63) is 0 Å². The van der Waals surface area contributed by atoms with Crippen LogP contribution in [-0.4, -0.2) is 29.3 Å². The quantitative estimate of drug-likeness (QED) is 0.783. The summed E-state index contributed by atoms with van der Waals surface area (Å²) in [7, 11) is 0. The molecule has 1 N–H and O–H groups in total. The van der Waals surface area contributed by atoms with Gasteiger partial charge in [-0.3, -0.25) is 4.79 Å². The lowest BCUT2D eigenvalue weighted by molar-refractivity contribution is -0.124. The van der Waals surface area contributed by atoms with Crippen LogP contribution < -0.4 is 5.32 Å². The molecule has 1 aliphatic heterocycles. The maximum absolute atomic E-state index is 11.6. The topological polar surface area (TPSA) is 29.1 Å². The Morgan fingerprint density at radius 1 is 1.71 bits per heavy atom. The van der Waals surface area contributed by atoms with E-state index in [-0.39, 0.29) is 11.8 Å². The summed E-state index contributed by atoms with van der Waals surface area (Å²) in [5, 5.41) is 4.05. The van der Waals surface area contributed by atoms with Gasteiger partial charge < -0.3 is 5.32 Å². The van der Waals surface area contributed by atoms with Gasteiger partial charge in [0.1, 0.15) is 0 Å². The molecule has 1 amide bonds. The molecule has 2 nitrogen and oxygen atoms in total. The molecule has 4 heteroatoms. The summed E-state index contributed by atoms with van der Waals surface area (Å²) in [5.41, 5.74) is 0. The molecule has 1 fully saturated rings. The van der Waals surface area contributed by atoms with Gasteiger partial charge in [0.05, 0.1) is 0 Å². The summed E-state index contributed by atoms with van der Waals surface area (Å²) in [6.07, 6.45) is 2.18. The van der Waals surface area contributed by atoms with Crippen LogP contribution in [0.4, 0.5) is 0 Å². The highest BCUT2D eigenvalue weighted by Crippen LogP contribution is 2.23. The largest absolute Gasteiger partial charge is 0.356 e. The standard InChI is InChI=1S/C10H18BrNOS/c1-8(2-4-11)6-12-10(13)9-3-5-14-7-9/h8-9H,2-7H2,1H3,(H,12,13). The van der Waals surface area contributed by atoms with Gasteiger partial charge >= 0.3 is 0 Å². The van der Waals surface area contributed by atoms with Gasteiger partial charge in [0.15, 0.2) is 0 Å². The van der Waals surface area contributed by atoms with Crippen LogP contribution in [0.25, 0.3) is 0 Å². The first kappa shape index (κ1) is 12.4. The van der Waals surface area contributed by atoms with Crippen molar-refractivity contribution >= 4 is 33.6 Å². The smallest absolute Gasteiger partial charge is 0.223 e. The van der Waals surface area contributed by atoms with E-state index in [0.717, 1.165) is 36.2 Å². The highest BCUT2D eigenvalue weighted by molar-refractivity contribution is 9.09. The molecule has 0 aliphatic carbocycles. The molecule has 0 bridgehead atoms. The zero-order valence-electron chi connectivity index (χ0n) is 8.59. The molecule has 1 heterocycles. The van der Waals surface area contributed by atoms with Crippen LogP contribution in [-0.2, 0) is 4.79 Å². The molecule has 0 spiro atoms. The molecule has 14 heavy (non-hydrogen) atoms. The Bertz CT molecular complexity index is 183. The number of hydrogen-bond acceptors (Lipinski definition) is 2. The maximum atomic E-state index is 11.6. The second kappa shape index (κ2) is 6.72. The molecular formula is C10H18BrNOS. The number of amides is 1. The molecule has 1 rings (SSSR count). The summed E-state index contributed by atoms with van der Waals surface area (Å²) >= 11 is 5.29. The predicted octanol–water partition coefficient (Wildman–Crippen LogP) is 2.28. The van der Waals surface area contributed by atoms with Gasteiger partial charge in [0.25, 0.3) is 0 Å². The Morgan fingerprint density at radius 2 is 2.50 bits per heavy atom. The van der Waals surface area contributed by atoms with E-state index in [1.165, 1.54) is 0 Å². The van der Waals surface area contributed by atoms with E-state index in [9.17, 15) is 4.79 Å². The van der Waals surface area contributed by atoms with Crippen LogP contribution in [0, 0.1) is 11.8 Å². The minimum absolute atomic E-state index is 0.261. The Morgan fingerprint density at radius 3 is 3.07 bits per heavy atom. The van der Waals surface area contributed by atoms with Gasteiger partial charge in [-0.25, -0.2) is 0 Å². The van der Waals surface area contributed by atoms with E-state index in [0.29, 0.717) is 5.92 Å². The van der Waals surface area contributed by atoms with Crippen molar-refractivity contribution in [2.45, 2.75) is 19.8 Å². The third kappa shape index (κ3) is 4.22. The van der Waals surface area contributed by atoms with E-state index < -0.39 is 0 Å². The molecule has 0 saturated carbocycles. The lowest BCUT2D eigenvalue weighted by atomic mass is 10.1. The van der Waals surface area contributed by atoms with Gasteiger partial charge in [0.2, 0.25) is 5.91 Å². The Kier molecular flexibility index (Phi) is 5.94. The second-order valence-corrected chi connectivity index (χ2v) is 5.83. The van der Waals surface area contributed by atoms with Crippen molar-refractivity contribution in [3.63, 3.8) is 0 Å². The number of rotatable bonds is 5. The summed E-state index contributed by atoms with van der Waals surface area (Å²) in [6.45, 7) is 3.00. The number of halogens is 1. The molecule has 82 valence electrons. The van der Waals surface area contributed by atoms with Crippen molar-refractivity contribution in [1.82, 2.24) is 5.32 Å². The number of carbonyl (C=O) groups excluding carboxylic acids is 1. The van der Waals surface area contributed by atoms with Crippen LogP contribution in [0.1, 0.15) is 19.8 Å². The normalized spacial score (nSPS) is 23.4. The summed E-state index contributed by atoms with van der Waals surface area (Å²) in [6, 6.07) is 0. The van der Waals surface area contributed by atoms with Crippen LogP contribution in [0.2, 0.25) is 0 Å². The first-order valence-electron chi connectivity index (χ1n) is 5.15. The van der Waals surface area contributed by atoms with Crippen LogP contribution in [0.15, 0.2) is 0 Å². The van der Waals surface area contributed by atoms with Gasteiger partial charge in [0, 0.05) is 23.5 Å². The Balaban J connectivity index is 2.13. The lowest BCUT2D eigenvalue weighted by Crippen LogP contribution is -2.33. The third-order valence-electron chi connectivity index (χ3n) is 2.53. The summed E-state index contributed by atoms with van der Waals surface area (Å²) < 4.78 is 0. The highest BCUT2D eigenvalue weighted by atomic mass is 79.9. The van der Waals surface area contributed by atoms with Crippen molar-refractivity contribution in [1.29, 1.82) is 0 Å². The fraction of sp³-hybridized carbons (Fsp3) is 0.900. The fourth-order valence-corrected chi connectivity index (χ4v) is 3.45. The minimum atomic E-state index is 0.261. The highest BCUT2D eigenvalue weighted by Gasteiger charge is 2.22. The predicted molar refractivity (Wildman–Crippen MR) is 66.0 cm³/mol. The molecular weight excluding hydrogens is 262 g/mol. The van der Waals surface area contributed by atoms with Crippen molar-refractivity contribution in [2.75, 3.05) is 23.4 Å². The van der Waals surface area contributed by atoms with E-state index in [1.54, 1.807) is 0 Å². The SMILES string of the molecule is CC(CCBr)CNC(=O)C1CCSC1. The van der Waals surface area contributed by atoms with E-state index in [2.05, 4.69) is 28.2 Å². The molecule has 0 aromatic rings. The molecule has 0 radical (unpaired) electrons. The average molecular weight is 280 g/mol. The van der Waals surface area contributed by atoms with Crippen molar-refractivity contribution in [3.8, 4) is 0 Å². The summed E-state index contributed by atoms with van der Waals surface area (Å²) in [4.78, 5) is 11.6. The van der Waals surface area contributed by atoms with E-state index >= 15 is 0 Å². The first-order valence-corrected chi connectivity index (χ1v) is 7.43. The number of nitrogens with one attached hydrogen (secondary N) is 1. The first-order chi connectivity index (χ1) is 6.74. The molecule has 1 aliphatic rings. The Hall–Kier alpha value is 0.300. The van der Waals surface area contributed by atoms with E-state index in [1.807, 2.05) is 11.8 Å². The lowest BCUT2D eigenvalue weighted by Gasteiger charge is -2.13. The van der Waals surface area contributed by atoms with Crippen LogP contribution in [0.5, 0.6) is 0 Å². The molecule has 0 aromatic heterocycles. The second-order valence-electron chi connectivity index (χ2n) is 3.89. The number of carbonyl (C=O) groups is 1. The fourth-order valence-electron chi connectivity index (χ4n) is 1.45. The Labute approximate surface area is 98.7 Å². The van der Waals surface area contributed by atoms with Gasteiger partial charge in [-0.15, -0.1) is 0 Å². The zero-order chi connectivity index (χ0) is 10.4. The van der Waals surface area contributed by atoms with Crippen LogP contribution >= 0.6 is 27.7 Å². The molecule has 0 aromatic carbocycles. The summed E-state index contributed by atoms with van der Waals surface area (Å²) in [5.74, 6) is 3.27. The van der Waals surface area contributed by atoms with Gasteiger partial charge in [-0.05, 0) is 24.5 Å². The van der Waals surface area contributed by atoms with Crippen molar-refractivity contribution < 1.29 is 4.79 Å². The zero-order valence-corrected chi connectivity index (χ0v) is 11.0. The number of alkyl halides is 1. The minimum Gasteiger partial charge on any atom is -0.356 e. The molecule has 2 unspecified atom stereocenters. The van der Waals surface area contributed by atoms with Gasteiger partial charge in [-0.1, -0.05) is 22.9 Å². The maximum Gasteiger partial charge on any atom is 0.223 e. The average Bonchev–Trinajstić information content (AvgIpc) is 2.67. The third-order valence-corrected chi connectivity index (χ3v) is 4.15. The van der Waals surface area contributed by atoms with Gasteiger partial charge in [-0.2, -0.15) is 11.8 Å². The monoisotopic (exact) mass is 279 g/mol. The van der Waals surface area contributed by atoms with Crippen LogP contribution in [0.3, 0.4) is 0 Å². The molecule has 1 saturated heterocycles. The molecule has 2 atom stereocenters. The van der Waals surface area contributed by atoms with E-state index in [4.69, 9.17) is 0 Å². The number of hydrogen-bond donors (Lipinski definition) is 1.